The molecule has 1 aromatic rings. The second-order valence-corrected chi connectivity index (χ2v) is 4.64. The van der Waals surface area contributed by atoms with Crippen molar-refractivity contribution in [3.63, 3.8) is 0 Å². The van der Waals surface area contributed by atoms with Crippen molar-refractivity contribution in [2.45, 2.75) is 38.8 Å². The molecule has 0 amide bonds. The van der Waals surface area contributed by atoms with Crippen LogP contribution in [0.25, 0.3) is 0 Å². The molecule has 1 aromatic heterocycles. The number of rotatable bonds is 6. The largest absolute Gasteiger partial charge is 0.379 e. The van der Waals surface area contributed by atoms with E-state index in [1.54, 1.807) is 7.11 Å². The van der Waals surface area contributed by atoms with Gasteiger partial charge in [-0.2, -0.15) is 0 Å². The fourth-order valence-electron chi connectivity index (χ4n) is 1.43. The molecule has 0 unspecified atom stereocenters. The number of pyridine rings is 1. The van der Waals surface area contributed by atoms with E-state index in [0.717, 1.165) is 18.7 Å². The van der Waals surface area contributed by atoms with Gasteiger partial charge < -0.3 is 10.1 Å². The van der Waals surface area contributed by atoms with E-state index in [4.69, 9.17) is 4.74 Å². The highest BCUT2D eigenvalue weighted by Gasteiger charge is 2.16. The van der Waals surface area contributed by atoms with Crippen molar-refractivity contribution in [2.24, 2.45) is 0 Å². The van der Waals surface area contributed by atoms with Crippen LogP contribution in [-0.4, -0.2) is 24.2 Å². The molecule has 0 aliphatic heterocycles. The minimum Gasteiger partial charge on any atom is -0.379 e. The van der Waals surface area contributed by atoms with Gasteiger partial charge in [0.05, 0.1) is 11.3 Å². The van der Waals surface area contributed by atoms with Gasteiger partial charge in [-0.1, -0.05) is 6.07 Å². The maximum atomic E-state index is 5.37. The zero-order valence-electron chi connectivity index (χ0n) is 10.7. The van der Waals surface area contributed by atoms with Crippen LogP contribution in [0.5, 0.6) is 0 Å². The number of methoxy groups -OCH3 is 1. The molecular weight excluding hydrogens is 200 g/mol. The van der Waals surface area contributed by atoms with Crippen molar-refractivity contribution in [1.82, 2.24) is 10.3 Å². The lowest BCUT2D eigenvalue weighted by Crippen LogP contribution is -2.30. The molecular formula is C13H22N2O. The van der Waals surface area contributed by atoms with Gasteiger partial charge in [-0.05, 0) is 45.9 Å². The van der Waals surface area contributed by atoms with Crippen LogP contribution in [0, 0.1) is 0 Å². The normalized spacial score (nSPS) is 13.8. The molecule has 1 rings (SSSR count). The Morgan fingerprint density at radius 1 is 1.44 bits per heavy atom. The van der Waals surface area contributed by atoms with E-state index in [0.29, 0.717) is 0 Å². The molecule has 0 radical (unpaired) electrons. The van der Waals surface area contributed by atoms with Crippen molar-refractivity contribution in [3.05, 3.63) is 30.1 Å². The van der Waals surface area contributed by atoms with E-state index < -0.39 is 0 Å². The van der Waals surface area contributed by atoms with Gasteiger partial charge in [-0.15, -0.1) is 0 Å². The molecule has 0 aliphatic rings. The summed E-state index contributed by atoms with van der Waals surface area (Å²) in [5.41, 5.74) is 1.02. The molecule has 0 spiro atoms. The number of ether oxygens (including phenoxy) is 1. The van der Waals surface area contributed by atoms with Crippen LogP contribution >= 0.6 is 0 Å². The van der Waals surface area contributed by atoms with Gasteiger partial charge in [-0.3, -0.25) is 4.98 Å². The molecule has 90 valence electrons. The van der Waals surface area contributed by atoms with Crippen LogP contribution in [-0.2, 0) is 4.74 Å². The number of aromatic nitrogens is 1. The summed E-state index contributed by atoms with van der Waals surface area (Å²) in [4.78, 5) is 4.32. The summed E-state index contributed by atoms with van der Waals surface area (Å²) in [6.45, 7) is 7.25. The zero-order valence-corrected chi connectivity index (χ0v) is 10.7. The SMILES string of the molecule is COC(C)(C)CCN[C@@H](C)c1ccccn1. The van der Waals surface area contributed by atoms with Crippen molar-refractivity contribution < 1.29 is 4.74 Å². The van der Waals surface area contributed by atoms with E-state index in [1.807, 2.05) is 24.4 Å². The van der Waals surface area contributed by atoms with Crippen molar-refractivity contribution in [1.29, 1.82) is 0 Å². The fraction of sp³-hybridized carbons (Fsp3) is 0.615. The fourth-order valence-corrected chi connectivity index (χ4v) is 1.43. The molecule has 1 atom stereocenters. The molecule has 0 fully saturated rings. The van der Waals surface area contributed by atoms with Crippen LogP contribution in [0.15, 0.2) is 24.4 Å². The molecule has 3 heteroatoms. The molecule has 0 bridgehead atoms. The topological polar surface area (TPSA) is 34.1 Å². The van der Waals surface area contributed by atoms with Gasteiger partial charge in [0.1, 0.15) is 0 Å². The van der Waals surface area contributed by atoms with Crippen LogP contribution in [0.1, 0.15) is 38.9 Å². The standard InChI is InChI=1S/C13H22N2O/c1-11(12-7-5-6-9-15-12)14-10-8-13(2,3)16-4/h5-7,9,11,14H,8,10H2,1-4H3/t11-/m0/s1. The lowest BCUT2D eigenvalue weighted by atomic mass is 10.1. The molecule has 1 N–H and O–H groups in total. The Kier molecular flexibility index (Phi) is 4.90. The van der Waals surface area contributed by atoms with Gasteiger partial charge >= 0.3 is 0 Å². The van der Waals surface area contributed by atoms with E-state index in [9.17, 15) is 0 Å². The first kappa shape index (κ1) is 13.1. The quantitative estimate of drug-likeness (QED) is 0.803. The lowest BCUT2D eigenvalue weighted by molar-refractivity contribution is 0.0154. The Morgan fingerprint density at radius 2 is 2.19 bits per heavy atom. The van der Waals surface area contributed by atoms with Gasteiger partial charge in [0.15, 0.2) is 0 Å². The minimum absolute atomic E-state index is 0.0587. The summed E-state index contributed by atoms with van der Waals surface area (Å²) in [5, 5.41) is 3.45. The Morgan fingerprint density at radius 3 is 2.75 bits per heavy atom. The van der Waals surface area contributed by atoms with Crippen LogP contribution in [0.3, 0.4) is 0 Å². The maximum Gasteiger partial charge on any atom is 0.0634 e. The van der Waals surface area contributed by atoms with E-state index >= 15 is 0 Å². The first-order valence-electron chi connectivity index (χ1n) is 5.74. The number of nitrogens with one attached hydrogen (secondary N) is 1. The molecule has 0 saturated heterocycles. The van der Waals surface area contributed by atoms with Gasteiger partial charge in [-0.25, -0.2) is 0 Å². The number of hydrogen-bond acceptors (Lipinski definition) is 3. The Balaban J connectivity index is 2.34. The predicted molar refractivity (Wildman–Crippen MR) is 66.4 cm³/mol. The first-order valence-corrected chi connectivity index (χ1v) is 5.74. The third kappa shape index (κ3) is 4.29. The summed E-state index contributed by atoms with van der Waals surface area (Å²) >= 11 is 0. The van der Waals surface area contributed by atoms with Crippen LogP contribution < -0.4 is 5.32 Å². The average Bonchev–Trinajstić information content (AvgIpc) is 2.30. The molecule has 0 aliphatic carbocycles. The number of nitrogens with zero attached hydrogens (tertiary/aromatic N) is 1. The third-order valence-electron chi connectivity index (χ3n) is 2.86. The smallest absolute Gasteiger partial charge is 0.0634 e. The molecule has 0 saturated carbocycles. The van der Waals surface area contributed by atoms with Crippen LogP contribution in [0.2, 0.25) is 0 Å². The highest BCUT2D eigenvalue weighted by atomic mass is 16.5. The van der Waals surface area contributed by atoms with E-state index in [2.05, 4.69) is 31.1 Å². The summed E-state index contributed by atoms with van der Waals surface area (Å²) in [5.74, 6) is 0. The monoisotopic (exact) mass is 222 g/mol. The van der Waals surface area contributed by atoms with Crippen molar-refractivity contribution >= 4 is 0 Å². The predicted octanol–water partition coefficient (Wildman–Crippen LogP) is 2.55. The molecule has 1 heterocycles. The third-order valence-corrected chi connectivity index (χ3v) is 2.86. The summed E-state index contributed by atoms with van der Waals surface area (Å²) in [6, 6.07) is 6.28. The lowest BCUT2D eigenvalue weighted by Gasteiger charge is -2.24. The highest BCUT2D eigenvalue weighted by Crippen LogP contribution is 2.13. The molecule has 16 heavy (non-hydrogen) atoms. The summed E-state index contributed by atoms with van der Waals surface area (Å²) in [7, 11) is 1.75. The average molecular weight is 222 g/mol. The molecule has 0 aromatic carbocycles. The highest BCUT2D eigenvalue weighted by molar-refractivity contribution is 5.07. The van der Waals surface area contributed by atoms with Crippen LogP contribution in [0.4, 0.5) is 0 Å². The Hall–Kier alpha value is -0.930. The summed E-state index contributed by atoms with van der Waals surface area (Å²) in [6.07, 6.45) is 2.81. The van der Waals surface area contributed by atoms with Gasteiger partial charge in [0.2, 0.25) is 0 Å². The number of hydrogen-bond donors (Lipinski definition) is 1. The van der Waals surface area contributed by atoms with Gasteiger partial charge in [0.25, 0.3) is 0 Å². The van der Waals surface area contributed by atoms with Crippen molar-refractivity contribution in [3.8, 4) is 0 Å². The second-order valence-electron chi connectivity index (χ2n) is 4.64. The zero-order chi connectivity index (χ0) is 12.0. The van der Waals surface area contributed by atoms with Crippen molar-refractivity contribution in [2.75, 3.05) is 13.7 Å². The van der Waals surface area contributed by atoms with E-state index in [1.165, 1.54) is 0 Å². The van der Waals surface area contributed by atoms with Gasteiger partial charge in [0, 0.05) is 19.3 Å². The molecule has 3 nitrogen and oxygen atoms in total. The second kappa shape index (κ2) is 5.97. The Labute approximate surface area is 98.2 Å². The maximum absolute atomic E-state index is 5.37. The van der Waals surface area contributed by atoms with E-state index in [-0.39, 0.29) is 11.6 Å². The Bertz CT molecular complexity index is 298. The minimum atomic E-state index is -0.0587. The first-order chi connectivity index (χ1) is 7.55. The summed E-state index contributed by atoms with van der Waals surface area (Å²) < 4.78 is 5.37.